The van der Waals surface area contributed by atoms with Crippen molar-refractivity contribution in [2.75, 3.05) is 13.7 Å². The Balaban J connectivity index is 1.12. The van der Waals surface area contributed by atoms with Crippen molar-refractivity contribution in [3.05, 3.63) is 0 Å². The number of carbonyl (C=O) groups is 2. The molecular formula is C30H50O5. The third kappa shape index (κ3) is 7.94. The Labute approximate surface area is 213 Å². The maximum atomic E-state index is 12.8. The molecule has 4 saturated carbocycles. The van der Waals surface area contributed by atoms with Crippen molar-refractivity contribution in [3.8, 4) is 0 Å². The molecule has 0 heterocycles. The first kappa shape index (κ1) is 26.9. The summed E-state index contributed by atoms with van der Waals surface area (Å²) in [6, 6.07) is 0. The van der Waals surface area contributed by atoms with Crippen LogP contribution in [0, 0.1) is 35.5 Å². The Morgan fingerprint density at radius 1 is 0.600 bits per heavy atom. The molecule has 4 aliphatic carbocycles. The molecule has 4 aliphatic rings. The van der Waals surface area contributed by atoms with Crippen molar-refractivity contribution in [2.24, 2.45) is 35.5 Å². The molecule has 0 aromatic rings. The van der Waals surface area contributed by atoms with Crippen molar-refractivity contribution in [2.45, 2.75) is 128 Å². The average Bonchev–Trinajstić information content (AvgIpc) is 3.11. The lowest BCUT2D eigenvalue weighted by atomic mass is 9.72. The lowest BCUT2D eigenvalue weighted by Crippen LogP contribution is -2.33. The predicted molar refractivity (Wildman–Crippen MR) is 137 cm³/mol. The summed E-state index contributed by atoms with van der Waals surface area (Å²) in [6.45, 7) is 3.10. The number of hydrogen-bond donors (Lipinski definition) is 0. The van der Waals surface area contributed by atoms with E-state index in [-0.39, 0.29) is 36.0 Å². The zero-order chi connectivity index (χ0) is 24.6. The van der Waals surface area contributed by atoms with Crippen molar-refractivity contribution >= 4 is 11.9 Å². The number of carbonyl (C=O) groups excluding carboxylic acids is 2. The van der Waals surface area contributed by atoms with E-state index in [1.165, 1.54) is 44.9 Å². The predicted octanol–water partition coefficient (Wildman–Crippen LogP) is 6.86. The molecule has 4 rings (SSSR count). The Hall–Kier alpha value is -1.10. The molecule has 2 unspecified atom stereocenters. The van der Waals surface area contributed by atoms with Gasteiger partial charge in [0, 0.05) is 13.7 Å². The Bertz CT molecular complexity index is 654. The summed E-state index contributed by atoms with van der Waals surface area (Å²) in [5, 5.41) is 0. The molecule has 35 heavy (non-hydrogen) atoms. The molecule has 5 heteroatoms. The first-order valence-corrected chi connectivity index (χ1v) is 14.9. The van der Waals surface area contributed by atoms with Gasteiger partial charge in [0.05, 0.1) is 11.8 Å². The van der Waals surface area contributed by atoms with E-state index >= 15 is 0 Å². The van der Waals surface area contributed by atoms with Crippen LogP contribution in [-0.4, -0.2) is 37.9 Å². The minimum atomic E-state index is 0.0567. The molecule has 0 aromatic heterocycles. The van der Waals surface area contributed by atoms with Crippen LogP contribution in [0.25, 0.3) is 0 Å². The van der Waals surface area contributed by atoms with Crippen LogP contribution in [0.1, 0.15) is 116 Å². The van der Waals surface area contributed by atoms with E-state index in [1.807, 2.05) is 0 Å². The summed E-state index contributed by atoms with van der Waals surface area (Å²) in [5.74, 6) is 3.22. The van der Waals surface area contributed by atoms with Crippen LogP contribution in [0.15, 0.2) is 0 Å². The highest BCUT2D eigenvalue weighted by molar-refractivity contribution is 5.73. The zero-order valence-electron chi connectivity index (χ0n) is 22.4. The van der Waals surface area contributed by atoms with Gasteiger partial charge in [0.2, 0.25) is 0 Å². The largest absolute Gasteiger partial charge is 0.462 e. The summed E-state index contributed by atoms with van der Waals surface area (Å²) in [4.78, 5) is 25.4. The summed E-state index contributed by atoms with van der Waals surface area (Å²) in [5.41, 5.74) is 0. The van der Waals surface area contributed by atoms with Crippen LogP contribution in [0.3, 0.4) is 0 Å². The zero-order valence-corrected chi connectivity index (χ0v) is 22.4. The molecule has 4 fully saturated rings. The number of esters is 2. The molecule has 0 bridgehead atoms. The molecule has 0 N–H and O–H groups in total. The van der Waals surface area contributed by atoms with Crippen LogP contribution in [0.2, 0.25) is 0 Å². The van der Waals surface area contributed by atoms with Gasteiger partial charge in [-0.25, -0.2) is 0 Å². The Kier molecular flexibility index (Phi) is 10.4. The fourth-order valence-corrected chi connectivity index (χ4v) is 7.39. The second kappa shape index (κ2) is 13.4. The van der Waals surface area contributed by atoms with Crippen molar-refractivity contribution < 1.29 is 23.8 Å². The smallest absolute Gasteiger partial charge is 0.309 e. The standard InChI is InChI=1S/C30H50O5/c1-21-6-9-26(10-7-21)30(32)35-28-18-14-24(15-19-28)23-12-16-27(17-13-23)34-29(31)25-5-3-4-22(8-11-25)20-33-2/h21-28H,3-20H2,1-2H3. The van der Waals surface area contributed by atoms with Gasteiger partial charge in [0.15, 0.2) is 0 Å². The molecule has 2 atom stereocenters. The Morgan fingerprint density at radius 2 is 1.09 bits per heavy atom. The molecule has 0 aromatic carbocycles. The van der Waals surface area contributed by atoms with Gasteiger partial charge in [-0.15, -0.1) is 0 Å². The second-order valence-corrected chi connectivity index (χ2v) is 12.4. The average molecular weight is 491 g/mol. The van der Waals surface area contributed by atoms with Gasteiger partial charge in [-0.3, -0.25) is 9.59 Å². The lowest BCUT2D eigenvalue weighted by molar-refractivity contribution is -0.159. The SMILES string of the molecule is COCC1CCCC(C(=O)OC2CCC(C3CCC(OC(=O)C4CCC(C)CC4)CC3)CC2)CC1. The summed E-state index contributed by atoms with van der Waals surface area (Å²) < 4.78 is 17.3. The number of hydrogen-bond acceptors (Lipinski definition) is 5. The first-order valence-electron chi connectivity index (χ1n) is 14.9. The minimum absolute atomic E-state index is 0.0567. The maximum absolute atomic E-state index is 12.8. The van der Waals surface area contributed by atoms with E-state index in [1.54, 1.807) is 7.11 Å². The third-order valence-corrected chi connectivity index (χ3v) is 9.84. The highest BCUT2D eigenvalue weighted by Gasteiger charge is 2.35. The van der Waals surface area contributed by atoms with Gasteiger partial charge in [0.25, 0.3) is 0 Å². The molecule has 0 amide bonds. The quantitative estimate of drug-likeness (QED) is 0.288. The van der Waals surface area contributed by atoms with E-state index < -0.39 is 0 Å². The maximum Gasteiger partial charge on any atom is 0.309 e. The van der Waals surface area contributed by atoms with Crippen LogP contribution in [0.5, 0.6) is 0 Å². The van der Waals surface area contributed by atoms with Gasteiger partial charge < -0.3 is 14.2 Å². The summed E-state index contributed by atoms with van der Waals surface area (Å²) >= 11 is 0. The fourth-order valence-electron chi connectivity index (χ4n) is 7.39. The van der Waals surface area contributed by atoms with Crippen LogP contribution in [0.4, 0.5) is 0 Å². The molecule has 0 saturated heterocycles. The summed E-state index contributed by atoms with van der Waals surface area (Å²) in [6.07, 6.45) is 18.7. The molecular weight excluding hydrogens is 440 g/mol. The van der Waals surface area contributed by atoms with Gasteiger partial charge in [-0.05, 0) is 126 Å². The number of ether oxygens (including phenoxy) is 3. The van der Waals surface area contributed by atoms with E-state index in [0.717, 1.165) is 88.6 Å². The van der Waals surface area contributed by atoms with Gasteiger partial charge in [0.1, 0.15) is 12.2 Å². The van der Waals surface area contributed by atoms with Crippen LogP contribution in [-0.2, 0) is 23.8 Å². The van der Waals surface area contributed by atoms with E-state index in [9.17, 15) is 9.59 Å². The fraction of sp³-hybridized carbons (Fsp3) is 0.933. The minimum Gasteiger partial charge on any atom is -0.462 e. The van der Waals surface area contributed by atoms with Gasteiger partial charge in [-0.2, -0.15) is 0 Å². The first-order chi connectivity index (χ1) is 17.0. The van der Waals surface area contributed by atoms with E-state index in [2.05, 4.69) is 6.92 Å². The molecule has 0 aliphatic heterocycles. The van der Waals surface area contributed by atoms with E-state index in [0.29, 0.717) is 5.92 Å². The van der Waals surface area contributed by atoms with Crippen LogP contribution < -0.4 is 0 Å². The van der Waals surface area contributed by atoms with Crippen molar-refractivity contribution in [1.29, 1.82) is 0 Å². The highest BCUT2D eigenvalue weighted by Crippen LogP contribution is 2.40. The van der Waals surface area contributed by atoms with Crippen molar-refractivity contribution in [3.63, 3.8) is 0 Å². The molecule has 5 nitrogen and oxygen atoms in total. The second-order valence-electron chi connectivity index (χ2n) is 12.4. The normalized spacial score (nSPS) is 38.8. The number of methoxy groups -OCH3 is 1. The summed E-state index contributed by atoms with van der Waals surface area (Å²) in [7, 11) is 1.77. The Morgan fingerprint density at radius 3 is 1.60 bits per heavy atom. The van der Waals surface area contributed by atoms with E-state index in [4.69, 9.17) is 14.2 Å². The lowest BCUT2D eigenvalue weighted by Gasteiger charge is -2.38. The third-order valence-electron chi connectivity index (χ3n) is 9.84. The van der Waals surface area contributed by atoms with Gasteiger partial charge in [-0.1, -0.05) is 13.3 Å². The molecule has 200 valence electrons. The van der Waals surface area contributed by atoms with Crippen LogP contribution >= 0.6 is 0 Å². The van der Waals surface area contributed by atoms with Crippen molar-refractivity contribution in [1.82, 2.24) is 0 Å². The van der Waals surface area contributed by atoms with Gasteiger partial charge >= 0.3 is 11.9 Å². The topological polar surface area (TPSA) is 61.8 Å². The molecule has 0 spiro atoms. The monoisotopic (exact) mass is 490 g/mol. The highest BCUT2D eigenvalue weighted by atomic mass is 16.5. The number of rotatable bonds is 7. The molecule has 0 radical (unpaired) electrons.